The van der Waals surface area contributed by atoms with Crippen molar-refractivity contribution < 1.29 is 9.53 Å². The molecule has 0 bridgehead atoms. The molecule has 0 aliphatic rings. The van der Waals surface area contributed by atoms with Crippen LogP contribution in [0.25, 0.3) is 0 Å². The largest absolute Gasteiger partial charge is 0.496 e. The number of ether oxygens (including phenoxy) is 1. The molecule has 0 radical (unpaired) electrons. The number of benzene rings is 2. The van der Waals surface area contributed by atoms with Crippen molar-refractivity contribution in [2.24, 2.45) is 0 Å². The first-order valence-corrected chi connectivity index (χ1v) is 7.93. The van der Waals surface area contributed by atoms with Crippen LogP contribution in [-0.4, -0.2) is 26.1 Å². The van der Waals surface area contributed by atoms with Crippen molar-refractivity contribution in [2.75, 3.05) is 20.2 Å². The highest BCUT2D eigenvalue weighted by molar-refractivity contribution is 5.76. The molecule has 2 rings (SSSR count). The van der Waals surface area contributed by atoms with Gasteiger partial charge in [0.15, 0.2) is 0 Å². The number of hydrogen-bond donors (Lipinski definition) is 2. The molecule has 23 heavy (non-hydrogen) atoms. The molecule has 0 unspecified atom stereocenters. The summed E-state index contributed by atoms with van der Waals surface area (Å²) < 4.78 is 5.30. The third-order valence-corrected chi connectivity index (χ3v) is 3.62. The minimum Gasteiger partial charge on any atom is -0.496 e. The van der Waals surface area contributed by atoms with Crippen molar-refractivity contribution in [1.29, 1.82) is 0 Å². The van der Waals surface area contributed by atoms with E-state index in [0.717, 1.165) is 17.7 Å². The summed E-state index contributed by atoms with van der Waals surface area (Å²) in [6, 6.07) is 18.0. The van der Waals surface area contributed by atoms with Gasteiger partial charge in [-0.05, 0) is 18.1 Å². The van der Waals surface area contributed by atoms with Gasteiger partial charge < -0.3 is 15.4 Å². The predicted octanol–water partition coefficient (Wildman–Crippen LogP) is 2.53. The number of nitrogens with one attached hydrogen (secondary N) is 2. The van der Waals surface area contributed by atoms with E-state index in [2.05, 4.69) is 22.8 Å². The minimum absolute atomic E-state index is 0.0773. The lowest BCUT2D eigenvalue weighted by Gasteiger charge is -2.09. The van der Waals surface area contributed by atoms with Crippen molar-refractivity contribution in [2.45, 2.75) is 19.4 Å². The second-order valence-corrected chi connectivity index (χ2v) is 5.32. The summed E-state index contributed by atoms with van der Waals surface area (Å²) in [5.74, 6) is 0.945. The molecule has 4 nitrogen and oxygen atoms in total. The molecule has 0 aliphatic carbocycles. The van der Waals surface area contributed by atoms with Gasteiger partial charge in [0, 0.05) is 31.6 Å². The van der Waals surface area contributed by atoms with Crippen LogP contribution >= 0.6 is 0 Å². The van der Waals surface area contributed by atoms with Crippen molar-refractivity contribution in [1.82, 2.24) is 10.6 Å². The highest BCUT2D eigenvalue weighted by Crippen LogP contribution is 2.16. The summed E-state index contributed by atoms with van der Waals surface area (Å²) in [6.07, 6.45) is 1.34. The molecular formula is C19H24N2O2. The van der Waals surface area contributed by atoms with Crippen LogP contribution in [0.15, 0.2) is 54.6 Å². The smallest absolute Gasteiger partial charge is 0.221 e. The number of hydrogen-bond acceptors (Lipinski definition) is 3. The maximum Gasteiger partial charge on any atom is 0.221 e. The molecule has 0 spiro atoms. The van der Waals surface area contributed by atoms with Crippen LogP contribution in [0.4, 0.5) is 0 Å². The molecule has 0 saturated heterocycles. The maximum atomic E-state index is 11.8. The van der Waals surface area contributed by atoms with Crippen molar-refractivity contribution in [3.8, 4) is 5.75 Å². The van der Waals surface area contributed by atoms with Crippen LogP contribution in [0.3, 0.4) is 0 Å². The topological polar surface area (TPSA) is 50.4 Å². The Morgan fingerprint density at radius 3 is 2.52 bits per heavy atom. The van der Waals surface area contributed by atoms with Gasteiger partial charge in [0.2, 0.25) is 5.91 Å². The van der Waals surface area contributed by atoms with Gasteiger partial charge in [-0.1, -0.05) is 48.5 Å². The Hall–Kier alpha value is -2.33. The maximum absolute atomic E-state index is 11.8. The summed E-state index contributed by atoms with van der Waals surface area (Å²) in [6.45, 7) is 2.02. The van der Waals surface area contributed by atoms with Crippen LogP contribution in [-0.2, 0) is 17.8 Å². The van der Waals surface area contributed by atoms with E-state index in [4.69, 9.17) is 4.74 Å². The van der Waals surface area contributed by atoms with Gasteiger partial charge in [-0.3, -0.25) is 4.79 Å². The average Bonchev–Trinajstić information content (AvgIpc) is 2.60. The van der Waals surface area contributed by atoms with E-state index in [9.17, 15) is 4.79 Å². The fourth-order valence-corrected chi connectivity index (χ4v) is 2.35. The van der Waals surface area contributed by atoms with E-state index in [-0.39, 0.29) is 5.91 Å². The van der Waals surface area contributed by atoms with E-state index in [1.807, 2.05) is 42.5 Å². The molecular weight excluding hydrogens is 288 g/mol. The zero-order valence-corrected chi connectivity index (χ0v) is 13.5. The zero-order chi connectivity index (χ0) is 16.3. The van der Waals surface area contributed by atoms with Gasteiger partial charge in [0.25, 0.3) is 0 Å². The summed E-state index contributed by atoms with van der Waals surface area (Å²) in [7, 11) is 1.67. The molecule has 0 aromatic heterocycles. The van der Waals surface area contributed by atoms with Gasteiger partial charge in [-0.25, -0.2) is 0 Å². The highest BCUT2D eigenvalue weighted by Gasteiger charge is 2.03. The Labute approximate surface area is 137 Å². The van der Waals surface area contributed by atoms with Crippen LogP contribution in [0.5, 0.6) is 5.75 Å². The summed E-state index contributed by atoms with van der Waals surface area (Å²) in [5, 5.41) is 6.22. The third-order valence-electron chi connectivity index (χ3n) is 3.62. The molecule has 1 amide bonds. The third kappa shape index (κ3) is 6.12. The van der Waals surface area contributed by atoms with Gasteiger partial charge in [0.1, 0.15) is 5.75 Å². The molecule has 4 heteroatoms. The molecule has 2 aromatic carbocycles. The van der Waals surface area contributed by atoms with Crippen LogP contribution in [0, 0.1) is 0 Å². The number of amides is 1. The van der Waals surface area contributed by atoms with Gasteiger partial charge in [-0.2, -0.15) is 0 Å². The highest BCUT2D eigenvalue weighted by atomic mass is 16.5. The van der Waals surface area contributed by atoms with E-state index in [1.54, 1.807) is 7.11 Å². The number of carbonyl (C=O) groups excluding carboxylic acids is 1. The molecule has 122 valence electrons. The van der Waals surface area contributed by atoms with Crippen molar-refractivity contribution >= 4 is 5.91 Å². The van der Waals surface area contributed by atoms with Crippen LogP contribution < -0.4 is 15.4 Å². The minimum atomic E-state index is 0.0773. The first-order chi connectivity index (χ1) is 11.3. The molecule has 0 heterocycles. The van der Waals surface area contributed by atoms with E-state index >= 15 is 0 Å². The fourth-order valence-electron chi connectivity index (χ4n) is 2.35. The van der Waals surface area contributed by atoms with Gasteiger partial charge in [-0.15, -0.1) is 0 Å². The average molecular weight is 312 g/mol. The quantitative estimate of drug-likeness (QED) is 0.700. The Morgan fingerprint density at radius 1 is 1.00 bits per heavy atom. The summed E-state index contributed by atoms with van der Waals surface area (Å²) in [4.78, 5) is 11.8. The second kappa shape index (κ2) is 9.64. The van der Waals surface area contributed by atoms with Crippen molar-refractivity contribution in [3.05, 3.63) is 65.7 Å². The lowest BCUT2D eigenvalue weighted by atomic mass is 10.1. The Morgan fingerprint density at radius 2 is 1.74 bits per heavy atom. The van der Waals surface area contributed by atoms with Gasteiger partial charge >= 0.3 is 0 Å². The summed E-state index contributed by atoms with van der Waals surface area (Å²) >= 11 is 0. The Kier molecular flexibility index (Phi) is 7.14. The van der Waals surface area contributed by atoms with E-state index < -0.39 is 0 Å². The molecule has 0 fully saturated rings. The fraction of sp³-hybridized carbons (Fsp3) is 0.316. The standard InChI is InChI=1S/C19H24N2O2/c1-23-18-10-6-5-9-17(18)15-20-13-12-19(22)21-14-11-16-7-3-2-4-8-16/h2-10,20H,11-15H2,1H3,(H,21,22). The molecule has 0 aliphatic heterocycles. The van der Waals surface area contributed by atoms with E-state index in [0.29, 0.717) is 26.1 Å². The Balaban J connectivity index is 1.59. The normalized spacial score (nSPS) is 10.3. The first kappa shape index (κ1) is 17.0. The second-order valence-electron chi connectivity index (χ2n) is 5.32. The Bertz CT molecular complexity index is 599. The first-order valence-electron chi connectivity index (χ1n) is 7.93. The number of carbonyl (C=O) groups is 1. The van der Waals surface area contributed by atoms with Crippen LogP contribution in [0.1, 0.15) is 17.5 Å². The number of para-hydroxylation sites is 1. The van der Waals surface area contributed by atoms with E-state index in [1.165, 1.54) is 5.56 Å². The molecule has 0 saturated carbocycles. The summed E-state index contributed by atoms with van der Waals surface area (Å²) in [5.41, 5.74) is 2.33. The zero-order valence-electron chi connectivity index (χ0n) is 13.5. The number of rotatable bonds is 9. The SMILES string of the molecule is COc1ccccc1CNCCC(=O)NCCc1ccccc1. The monoisotopic (exact) mass is 312 g/mol. The lowest BCUT2D eigenvalue weighted by molar-refractivity contribution is -0.120. The predicted molar refractivity (Wildman–Crippen MR) is 92.5 cm³/mol. The molecule has 2 N–H and O–H groups in total. The van der Waals surface area contributed by atoms with Crippen molar-refractivity contribution in [3.63, 3.8) is 0 Å². The van der Waals surface area contributed by atoms with Crippen LogP contribution in [0.2, 0.25) is 0 Å². The van der Waals surface area contributed by atoms with Gasteiger partial charge in [0.05, 0.1) is 7.11 Å². The lowest BCUT2D eigenvalue weighted by Crippen LogP contribution is -2.29. The number of methoxy groups -OCH3 is 1. The molecule has 2 aromatic rings. The molecule has 0 atom stereocenters.